The van der Waals surface area contributed by atoms with Gasteiger partial charge in [-0.3, -0.25) is 4.79 Å². The zero-order valence-electron chi connectivity index (χ0n) is 11.9. The number of aryl methyl sites for hydroxylation is 1. The van der Waals surface area contributed by atoms with E-state index in [4.69, 9.17) is 10.5 Å². The molecule has 0 spiro atoms. The highest BCUT2D eigenvalue weighted by atomic mass is 16.5. The number of hydrogen-bond acceptors (Lipinski definition) is 4. The number of hydrogen-bond donors (Lipinski definition) is 2. The Kier molecular flexibility index (Phi) is 3.57. The molecule has 0 aliphatic rings. The Bertz CT molecular complexity index is 809. The first-order valence-corrected chi connectivity index (χ1v) is 6.69. The standard InChI is InChI=1S/C16H14N4O2/c1-10-6-8-11(9-7-10)22-13-5-3-2-4-12(13)14-15(16(17)21)19-20-18-14/h2-9H,1H3,(H2,17,21)(H,18,19,20). The molecule has 110 valence electrons. The van der Waals surface area contributed by atoms with Crippen LogP contribution in [0.1, 0.15) is 16.1 Å². The molecule has 6 nitrogen and oxygen atoms in total. The molecular weight excluding hydrogens is 280 g/mol. The average Bonchev–Trinajstić information content (AvgIpc) is 3.00. The van der Waals surface area contributed by atoms with Gasteiger partial charge in [-0.05, 0) is 31.2 Å². The number of nitrogens with two attached hydrogens (primary N) is 1. The minimum absolute atomic E-state index is 0.0833. The van der Waals surface area contributed by atoms with Crippen molar-refractivity contribution in [3.8, 4) is 22.8 Å². The van der Waals surface area contributed by atoms with E-state index in [0.717, 1.165) is 5.56 Å². The number of nitrogens with zero attached hydrogens (tertiary/aromatic N) is 2. The zero-order valence-corrected chi connectivity index (χ0v) is 11.9. The van der Waals surface area contributed by atoms with E-state index < -0.39 is 5.91 Å². The Hall–Kier alpha value is -3.15. The van der Waals surface area contributed by atoms with Crippen molar-refractivity contribution in [2.45, 2.75) is 6.92 Å². The van der Waals surface area contributed by atoms with Gasteiger partial charge in [0.05, 0.1) is 0 Å². The molecular formula is C16H14N4O2. The third-order valence-corrected chi connectivity index (χ3v) is 3.17. The van der Waals surface area contributed by atoms with Crippen LogP contribution in [0, 0.1) is 6.92 Å². The first-order valence-electron chi connectivity index (χ1n) is 6.69. The number of carbonyl (C=O) groups is 1. The topological polar surface area (TPSA) is 93.9 Å². The number of benzene rings is 2. The number of amides is 1. The van der Waals surface area contributed by atoms with Crippen molar-refractivity contribution < 1.29 is 9.53 Å². The fraction of sp³-hybridized carbons (Fsp3) is 0.0625. The maximum atomic E-state index is 11.4. The molecule has 1 heterocycles. The second kappa shape index (κ2) is 5.69. The number of primary amides is 1. The Morgan fingerprint density at radius 3 is 2.55 bits per heavy atom. The van der Waals surface area contributed by atoms with Crippen LogP contribution < -0.4 is 10.5 Å². The molecule has 3 N–H and O–H groups in total. The summed E-state index contributed by atoms with van der Waals surface area (Å²) in [6.45, 7) is 2.01. The molecule has 3 rings (SSSR count). The predicted octanol–water partition coefficient (Wildman–Crippen LogP) is 2.67. The van der Waals surface area contributed by atoms with Gasteiger partial charge in [0.15, 0.2) is 5.69 Å². The van der Waals surface area contributed by atoms with Crippen molar-refractivity contribution in [1.82, 2.24) is 15.4 Å². The van der Waals surface area contributed by atoms with Crippen molar-refractivity contribution in [1.29, 1.82) is 0 Å². The summed E-state index contributed by atoms with van der Waals surface area (Å²) in [5.74, 6) is 0.624. The molecule has 22 heavy (non-hydrogen) atoms. The maximum Gasteiger partial charge on any atom is 0.271 e. The quantitative estimate of drug-likeness (QED) is 0.773. The third kappa shape index (κ3) is 2.67. The second-order valence-corrected chi connectivity index (χ2v) is 4.80. The van der Waals surface area contributed by atoms with Crippen LogP contribution in [0.5, 0.6) is 11.5 Å². The van der Waals surface area contributed by atoms with E-state index in [0.29, 0.717) is 22.8 Å². The van der Waals surface area contributed by atoms with Crippen LogP contribution in [0.25, 0.3) is 11.3 Å². The fourth-order valence-electron chi connectivity index (χ4n) is 2.08. The number of ether oxygens (including phenoxy) is 1. The molecule has 0 radical (unpaired) electrons. The summed E-state index contributed by atoms with van der Waals surface area (Å²) in [6.07, 6.45) is 0. The second-order valence-electron chi connectivity index (χ2n) is 4.80. The molecule has 0 fully saturated rings. The van der Waals surface area contributed by atoms with Crippen molar-refractivity contribution in [2.75, 3.05) is 0 Å². The number of carbonyl (C=O) groups excluding carboxylic acids is 1. The monoisotopic (exact) mass is 294 g/mol. The van der Waals surface area contributed by atoms with E-state index in [1.807, 2.05) is 43.3 Å². The number of aromatic nitrogens is 3. The lowest BCUT2D eigenvalue weighted by Gasteiger charge is -2.10. The highest BCUT2D eigenvalue weighted by Gasteiger charge is 2.18. The Balaban J connectivity index is 2.01. The van der Waals surface area contributed by atoms with Gasteiger partial charge < -0.3 is 10.5 Å². The minimum atomic E-state index is -0.645. The first-order chi connectivity index (χ1) is 10.6. The van der Waals surface area contributed by atoms with E-state index in [1.54, 1.807) is 12.1 Å². The van der Waals surface area contributed by atoms with Crippen molar-refractivity contribution in [3.63, 3.8) is 0 Å². The van der Waals surface area contributed by atoms with Gasteiger partial charge in [-0.2, -0.15) is 15.4 Å². The van der Waals surface area contributed by atoms with Crippen LogP contribution in [0.4, 0.5) is 0 Å². The van der Waals surface area contributed by atoms with Crippen LogP contribution in [-0.2, 0) is 0 Å². The molecule has 0 saturated carbocycles. The van der Waals surface area contributed by atoms with Crippen LogP contribution in [0.3, 0.4) is 0 Å². The summed E-state index contributed by atoms with van der Waals surface area (Å²) in [4.78, 5) is 11.4. The molecule has 0 bridgehead atoms. The lowest BCUT2D eigenvalue weighted by atomic mass is 10.1. The predicted molar refractivity (Wildman–Crippen MR) is 81.6 cm³/mol. The summed E-state index contributed by atoms with van der Waals surface area (Å²) in [5.41, 5.74) is 7.56. The van der Waals surface area contributed by atoms with Crippen LogP contribution in [-0.4, -0.2) is 21.3 Å². The van der Waals surface area contributed by atoms with E-state index in [1.165, 1.54) is 0 Å². The number of para-hydroxylation sites is 1. The van der Waals surface area contributed by atoms with Gasteiger partial charge in [-0.1, -0.05) is 29.8 Å². The molecule has 0 unspecified atom stereocenters. The van der Waals surface area contributed by atoms with E-state index in [2.05, 4.69) is 15.4 Å². The summed E-state index contributed by atoms with van der Waals surface area (Å²) in [6, 6.07) is 15.0. The average molecular weight is 294 g/mol. The highest BCUT2D eigenvalue weighted by molar-refractivity contribution is 5.97. The molecule has 0 aliphatic heterocycles. The zero-order chi connectivity index (χ0) is 15.5. The molecule has 0 aliphatic carbocycles. The van der Waals surface area contributed by atoms with Gasteiger partial charge in [0.1, 0.15) is 17.2 Å². The first kappa shape index (κ1) is 13.8. The summed E-state index contributed by atoms with van der Waals surface area (Å²) in [5, 5.41) is 10.2. The van der Waals surface area contributed by atoms with Gasteiger partial charge in [0, 0.05) is 5.56 Å². The van der Waals surface area contributed by atoms with E-state index in [9.17, 15) is 4.79 Å². The molecule has 1 aromatic heterocycles. The molecule has 2 aromatic carbocycles. The van der Waals surface area contributed by atoms with Crippen LogP contribution in [0.2, 0.25) is 0 Å². The smallest absolute Gasteiger partial charge is 0.271 e. The van der Waals surface area contributed by atoms with Gasteiger partial charge in [0.25, 0.3) is 5.91 Å². The SMILES string of the molecule is Cc1ccc(Oc2ccccc2-c2n[nH]nc2C(N)=O)cc1. The van der Waals surface area contributed by atoms with Crippen molar-refractivity contribution in [2.24, 2.45) is 5.73 Å². The molecule has 0 atom stereocenters. The molecule has 3 aromatic rings. The summed E-state index contributed by atoms with van der Waals surface area (Å²) >= 11 is 0. The number of H-pyrrole nitrogens is 1. The van der Waals surface area contributed by atoms with Gasteiger partial charge >= 0.3 is 0 Å². The lowest BCUT2D eigenvalue weighted by Crippen LogP contribution is -2.12. The fourth-order valence-corrected chi connectivity index (χ4v) is 2.08. The molecule has 6 heteroatoms. The Morgan fingerprint density at radius 2 is 1.82 bits per heavy atom. The van der Waals surface area contributed by atoms with Crippen LogP contribution in [0.15, 0.2) is 48.5 Å². The molecule has 1 amide bonds. The van der Waals surface area contributed by atoms with E-state index in [-0.39, 0.29) is 5.69 Å². The molecule has 0 saturated heterocycles. The van der Waals surface area contributed by atoms with Crippen molar-refractivity contribution >= 4 is 5.91 Å². The third-order valence-electron chi connectivity index (χ3n) is 3.17. The van der Waals surface area contributed by atoms with Crippen molar-refractivity contribution in [3.05, 3.63) is 59.8 Å². The Morgan fingerprint density at radius 1 is 1.09 bits per heavy atom. The largest absolute Gasteiger partial charge is 0.457 e. The van der Waals surface area contributed by atoms with Gasteiger partial charge in [-0.15, -0.1) is 0 Å². The van der Waals surface area contributed by atoms with Crippen LogP contribution >= 0.6 is 0 Å². The minimum Gasteiger partial charge on any atom is -0.457 e. The number of rotatable bonds is 4. The maximum absolute atomic E-state index is 11.4. The summed E-state index contributed by atoms with van der Waals surface area (Å²) in [7, 11) is 0. The normalized spacial score (nSPS) is 10.4. The van der Waals surface area contributed by atoms with Gasteiger partial charge in [0.2, 0.25) is 0 Å². The number of aromatic amines is 1. The summed E-state index contributed by atoms with van der Waals surface area (Å²) < 4.78 is 5.89. The van der Waals surface area contributed by atoms with Gasteiger partial charge in [-0.25, -0.2) is 0 Å². The number of nitrogens with one attached hydrogen (secondary N) is 1. The lowest BCUT2D eigenvalue weighted by molar-refractivity contribution is 0.0996. The highest BCUT2D eigenvalue weighted by Crippen LogP contribution is 2.33. The Labute approximate surface area is 126 Å². The van der Waals surface area contributed by atoms with E-state index >= 15 is 0 Å².